The van der Waals surface area contributed by atoms with Crippen LogP contribution in [0.3, 0.4) is 0 Å². The molecule has 21 heavy (non-hydrogen) atoms. The molecule has 0 saturated carbocycles. The van der Waals surface area contributed by atoms with Crippen LogP contribution in [-0.4, -0.2) is 15.5 Å². The van der Waals surface area contributed by atoms with Crippen LogP contribution in [0.15, 0.2) is 53.3 Å². The first kappa shape index (κ1) is 13.5. The van der Waals surface area contributed by atoms with Gasteiger partial charge in [0, 0.05) is 10.7 Å². The molecule has 3 rings (SSSR count). The zero-order valence-corrected chi connectivity index (χ0v) is 11.7. The van der Waals surface area contributed by atoms with Gasteiger partial charge in [-0.1, -0.05) is 29.8 Å². The highest BCUT2D eigenvalue weighted by Crippen LogP contribution is 2.15. The third-order valence-corrected chi connectivity index (χ3v) is 3.33. The van der Waals surface area contributed by atoms with Crippen LogP contribution in [0.1, 0.15) is 0 Å². The van der Waals surface area contributed by atoms with E-state index in [4.69, 9.17) is 11.6 Å². The smallest absolute Gasteiger partial charge is 0.324 e. The molecule has 5 nitrogen and oxygen atoms in total. The maximum atomic E-state index is 12.1. The number of hydrogen-bond donors (Lipinski definition) is 2. The number of amides is 1. The molecule has 0 aliphatic carbocycles. The van der Waals surface area contributed by atoms with E-state index in [1.54, 1.807) is 36.4 Å². The van der Waals surface area contributed by atoms with Crippen LogP contribution in [-0.2, 0) is 11.3 Å². The molecular formula is C15H12ClN3O2. The number of carbonyl (C=O) groups is 1. The van der Waals surface area contributed by atoms with E-state index >= 15 is 0 Å². The molecule has 1 heterocycles. The van der Waals surface area contributed by atoms with Gasteiger partial charge in [0.05, 0.1) is 11.0 Å². The minimum atomic E-state index is -0.308. The summed E-state index contributed by atoms with van der Waals surface area (Å²) in [5.74, 6) is -0.288. The Balaban J connectivity index is 1.84. The van der Waals surface area contributed by atoms with Crippen molar-refractivity contribution in [3.63, 3.8) is 0 Å². The van der Waals surface area contributed by atoms with Crippen LogP contribution in [0.5, 0.6) is 0 Å². The fourth-order valence-corrected chi connectivity index (χ4v) is 2.36. The number of aromatic nitrogens is 2. The number of fused-ring (bicyclic) bond motifs is 1. The number of hydrogen-bond acceptors (Lipinski definition) is 2. The summed E-state index contributed by atoms with van der Waals surface area (Å²) >= 11 is 5.86. The maximum Gasteiger partial charge on any atom is 0.326 e. The van der Waals surface area contributed by atoms with Crippen LogP contribution in [0.25, 0.3) is 11.0 Å². The van der Waals surface area contributed by atoms with Crippen LogP contribution >= 0.6 is 11.6 Å². The lowest BCUT2D eigenvalue weighted by atomic mass is 10.3. The van der Waals surface area contributed by atoms with Gasteiger partial charge in [-0.3, -0.25) is 9.36 Å². The van der Waals surface area contributed by atoms with Crippen molar-refractivity contribution in [2.45, 2.75) is 6.54 Å². The van der Waals surface area contributed by atoms with Crippen molar-refractivity contribution < 1.29 is 4.79 Å². The van der Waals surface area contributed by atoms with Crippen molar-refractivity contribution in [2.75, 3.05) is 5.32 Å². The predicted octanol–water partition coefficient (Wildman–Crippen LogP) is 2.62. The summed E-state index contributed by atoms with van der Waals surface area (Å²) in [5.41, 5.74) is 1.69. The van der Waals surface area contributed by atoms with Crippen molar-refractivity contribution in [3.8, 4) is 0 Å². The van der Waals surface area contributed by atoms with Crippen molar-refractivity contribution in [1.82, 2.24) is 9.55 Å². The fraction of sp³-hybridized carbons (Fsp3) is 0.0667. The van der Waals surface area contributed by atoms with Crippen molar-refractivity contribution in [2.24, 2.45) is 0 Å². The highest BCUT2D eigenvalue weighted by Gasteiger charge is 2.10. The van der Waals surface area contributed by atoms with E-state index < -0.39 is 0 Å². The SMILES string of the molecule is O=C(Cn1c(=O)[nH]c2ccccc21)Nc1cccc(Cl)c1. The number of anilines is 1. The molecule has 0 spiro atoms. The first-order chi connectivity index (χ1) is 10.1. The summed E-state index contributed by atoms with van der Waals surface area (Å²) in [4.78, 5) is 26.7. The van der Waals surface area contributed by atoms with E-state index in [1.807, 2.05) is 12.1 Å². The molecule has 106 valence electrons. The van der Waals surface area contributed by atoms with Crippen LogP contribution in [0.4, 0.5) is 5.69 Å². The monoisotopic (exact) mass is 301 g/mol. The number of rotatable bonds is 3. The van der Waals surface area contributed by atoms with Crippen LogP contribution in [0.2, 0.25) is 5.02 Å². The second-order valence-corrected chi connectivity index (χ2v) is 5.03. The average molecular weight is 302 g/mol. The minimum absolute atomic E-state index is 0.0602. The number of halogens is 1. The van der Waals surface area contributed by atoms with E-state index in [0.29, 0.717) is 21.7 Å². The van der Waals surface area contributed by atoms with Gasteiger partial charge in [0.25, 0.3) is 0 Å². The highest BCUT2D eigenvalue weighted by molar-refractivity contribution is 6.30. The lowest BCUT2D eigenvalue weighted by Gasteiger charge is -2.06. The molecule has 0 aliphatic heterocycles. The molecule has 0 atom stereocenters. The Labute approximate surface area is 125 Å². The molecule has 0 saturated heterocycles. The van der Waals surface area contributed by atoms with Crippen LogP contribution < -0.4 is 11.0 Å². The van der Waals surface area contributed by atoms with Crippen LogP contribution in [0, 0.1) is 0 Å². The van der Waals surface area contributed by atoms with Crippen molar-refractivity contribution in [1.29, 1.82) is 0 Å². The number of para-hydroxylation sites is 2. The van der Waals surface area contributed by atoms with Gasteiger partial charge in [0.2, 0.25) is 5.91 Å². The van der Waals surface area contributed by atoms with Crippen molar-refractivity contribution >= 4 is 34.2 Å². The normalized spacial score (nSPS) is 10.7. The first-order valence-electron chi connectivity index (χ1n) is 6.36. The molecule has 0 radical (unpaired) electrons. The van der Waals surface area contributed by atoms with Gasteiger partial charge in [-0.15, -0.1) is 0 Å². The van der Waals surface area contributed by atoms with Gasteiger partial charge in [-0.25, -0.2) is 4.79 Å². The van der Waals surface area contributed by atoms with Gasteiger partial charge < -0.3 is 10.3 Å². The largest absolute Gasteiger partial charge is 0.326 e. The van der Waals surface area contributed by atoms with E-state index in [0.717, 1.165) is 0 Å². The Hall–Kier alpha value is -2.53. The highest BCUT2D eigenvalue weighted by atomic mass is 35.5. The summed E-state index contributed by atoms with van der Waals surface area (Å²) in [7, 11) is 0. The molecule has 1 amide bonds. The molecule has 1 aromatic heterocycles. The Morgan fingerprint density at radius 2 is 2.00 bits per heavy atom. The number of imidazole rings is 1. The zero-order valence-electron chi connectivity index (χ0n) is 11.0. The summed E-state index contributed by atoms with van der Waals surface area (Å²) in [6.45, 7) is -0.0602. The second kappa shape index (κ2) is 5.46. The number of H-pyrrole nitrogens is 1. The molecule has 0 fully saturated rings. The molecule has 2 N–H and O–H groups in total. The lowest BCUT2D eigenvalue weighted by Crippen LogP contribution is -2.25. The van der Waals surface area contributed by atoms with Gasteiger partial charge in [-0.05, 0) is 30.3 Å². The maximum absolute atomic E-state index is 12.1. The molecule has 0 bridgehead atoms. The molecule has 0 unspecified atom stereocenters. The number of benzene rings is 2. The Morgan fingerprint density at radius 1 is 1.19 bits per heavy atom. The molecular weight excluding hydrogens is 290 g/mol. The van der Waals surface area contributed by atoms with E-state index in [2.05, 4.69) is 10.3 Å². The quantitative estimate of drug-likeness (QED) is 0.781. The summed E-state index contributed by atoms with van der Waals surface area (Å²) in [6.07, 6.45) is 0. The number of nitrogens with zero attached hydrogens (tertiary/aromatic N) is 1. The fourth-order valence-electron chi connectivity index (χ4n) is 2.17. The van der Waals surface area contributed by atoms with Gasteiger partial charge >= 0.3 is 5.69 Å². The number of nitrogens with one attached hydrogen (secondary N) is 2. The minimum Gasteiger partial charge on any atom is -0.324 e. The standard InChI is InChI=1S/C15H12ClN3O2/c16-10-4-3-5-11(8-10)17-14(20)9-19-13-7-2-1-6-12(13)18-15(19)21/h1-8H,9H2,(H,17,20)(H,18,21). The van der Waals surface area contributed by atoms with Gasteiger partial charge in [-0.2, -0.15) is 0 Å². The molecule has 6 heteroatoms. The third kappa shape index (κ3) is 2.83. The number of aromatic amines is 1. The lowest BCUT2D eigenvalue weighted by molar-refractivity contribution is -0.116. The third-order valence-electron chi connectivity index (χ3n) is 3.09. The van der Waals surface area contributed by atoms with Crippen molar-refractivity contribution in [3.05, 3.63) is 64.0 Å². The number of carbonyl (C=O) groups excluding carboxylic acids is 1. The Morgan fingerprint density at radius 3 is 2.81 bits per heavy atom. The summed E-state index contributed by atoms with van der Waals surface area (Å²) in [5, 5.41) is 3.25. The molecule has 0 aliphatic rings. The van der Waals surface area contributed by atoms with E-state index in [1.165, 1.54) is 4.57 Å². The first-order valence-corrected chi connectivity index (χ1v) is 6.74. The second-order valence-electron chi connectivity index (χ2n) is 4.59. The Kier molecular flexibility index (Phi) is 3.50. The predicted molar refractivity (Wildman–Crippen MR) is 82.6 cm³/mol. The topological polar surface area (TPSA) is 66.9 Å². The van der Waals surface area contributed by atoms with E-state index in [-0.39, 0.29) is 18.1 Å². The van der Waals surface area contributed by atoms with Gasteiger partial charge in [0.15, 0.2) is 0 Å². The van der Waals surface area contributed by atoms with E-state index in [9.17, 15) is 9.59 Å². The van der Waals surface area contributed by atoms with Gasteiger partial charge in [0.1, 0.15) is 6.54 Å². The molecule has 3 aromatic rings. The average Bonchev–Trinajstić information content (AvgIpc) is 2.75. The Bertz CT molecular complexity index is 866. The summed E-state index contributed by atoms with van der Waals surface area (Å²) in [6, 6.07) is 14.1. The zero-order chi connectivity index (χ0) is 14.8. The molecule has 2 aromatic carbocycles. The summed E-state index contributed by atoms with van der Waals surface area (Å²) < 4.78 is 1.40.